The first kappa shape index (κ1) is 21.9. The number of piperazine rings is 1. The lowest BCUT2D eigenvalue weighted by molar-refractivity contribution is -0.384. The van der Waals surface area contributed by atoms with Gasteiger partial charge in [-0.2, -0.15) is 0 Å². The van der Waals surface area contributed by atoms with Crippen molar-refractivity contribution in [2.24, 2.45) is 0 Å². The summed E-state index contributed by atoms with van der Waals surface area (Å²) in [5.74, 6) is 0.653. The molecule has 1 unspecified atom stereocenters. The zero-order valence-electron chi connectivity index (χ0n) is 15.3. The number of amides is 1. The standard InChI is InChI=1S/C19H20ClN3O4.ClH/c1-27-18-5-3-2-4-15(18)17-12-21-8-9-22(17)19(24)10-13-6-7-14(23(25)26)11-16(13)20;/h2-7,11,17,21H,8-10,12H2,1H3;1H. The van der Waals surface area contributed by atoms with E-state index >= 15 is 0 Å². The zero-order valence-corrected chi connectivity index (χ0v) is 16.8. The normalized spacial score (nSPS) is 16.2. The molecule has 0 spiro atoms. The van der Waals surface area contributed by atoms with Gasteiger partial charge in [-0.25, -0.2) is 0 Å². The van der Waals surface area contributed by atoms with E-state index in [1.165, 1.54) is 12.1 Å². The van der Waals surface area contributed by atoms with Gasteiger partial charge in [0.1, 0.15) is 5.75 Å². The lowest BCUT2D eigenvalue weighted by Gasteiger charge is -2.37. The zero-order chi connectivity index (χ0) is 19.4. The molecule has 1 saturated heterocycles. The maximum absolute atomic E-state index is 13.0. The first-order valence-electron chi connectivity index (χ1n) is 8.57. The summed E-state index contributed by atoms with van der Waals surface area (Å²) in [5, 5.41) is 14.4. The van der Waals surface area contributed by atoms with E-state index in [0.29, 0.717) is 25.2 Å². The van der Waals surface area contributed by atoms with Gasteiger partial charge in [-0.1, -0.05) is 35.9 Å². The van der Waals surface area contributed by atoms with Crippen LogP contribution in [0.5, 0.6) is 5.75 Å². The topological polar surface area (TPSA) is 84.7 Å². The number of methoxy groups -OCH3 is 1. The molecule has 0 bridgehead atoms. The van der Waals surface area contributed by atoms with Crippen molar-refractivity contribution in [3.8, 4) is 5.75 Å². The summed E-state index contributed by atoms with van der Waals surface area (Å²) in [7, 11) is 1.61. The van der Waals surface area contributed by atoms with E-state index in [1.807, 2.05) is 29.2 Å². The summed E-state index contributed by atoms with van der Waals surface area (Å²) >= 11 is 6.15. The van der Waals surface area contributed by atoms with Crippen LogP contribution in [0.1, 0.15) is 17.2 Å². The third-order valence-electron chi connectivity index (χ3n) is 4.65. The largest absolute Gasteiger partial charge is 0.496 e. The molecule has 2 aromatic rings. The number of ether oxygens (including phenoxy) is 1. The molecule has 0 aliphatic carbocycles. The number of halogens is 2. The van der Waals surface area contributed by atoms with E-state index in [0.717, 1.165) is 11.3 Å². The number of nitrogens with zero attached hydrogens (tertiary/aromatic N) is 2. The van der Waals surface area contributed by atoms with Crippen LogP contribution in [0.2, 0.25) is 5.02 Å². The van der Waals surface area contributed by atoms with Gasteiger partial charge in [0, 0.05) is 37.3 Å². The highest BCUT2D eigenvalue weighted by Gasteiger charge is 2.30. The van der Waals surface area contributed by atoms with Crippen molar-refractivity contribution in [1.29, 1.82) is 0 Å². The fraction of sp³-hybridized carbons (Fsp3) is 0.316. The minimum absolute atomic E-state index is 0. The Balaban J connectivity index is 0.00000280. The molecule has 0 saturated carbocycles. The minimum atomic E-state index is -0.508. The second kappa shape index (κ2) is 9.73. The average Bonchev–Trinajstić information content (AvgIpc) is 2.69. The van der Waals surface area contributed by atoms with Crippen LogP contribution in [-0.2, 0) is 11.2 Å². The Morgan fingerprint density at radius 2 is 2.11 bits per heavy atom. The van der Waals surface area contributed by atoms with Gasteiger partial charge in [-0.05, 0) is 11.6 Å². The Bertz CT molecular complexity index is 863. The molecular formula is C19H21Cl2N3O4. The second-order valence-electron chi connectivity index (χ2n) is 6.26. The number of para-hydroxylation sites is 1. The van der Waals surface area contributed by atoms with Gasteiger partial charge >= 0.3 is 0 Å². The fourth-order valence-corrected chi connectivity index (χ4v) is 3.52. The summed E-state index contributed by atoms with van der Waals surface area (Å²) in [6.07, 6.45) is 0.0858. The maximum Gasteiger partial charge on any atom is 0.270 e. The maximum atomic E-state index is 13.0. The van der Waals surface area contributed by atoms with Crippen molar-refractivity contribution >= 4 is 35.6 Å². The van der Waals surface area contributed by atoms with E-state index in [9.17, 15) is 14.9 Å². The molecular weight excluding hydrogens is 405 g/mol. The summed E-state index contributed by atoms with van der Waals surface area (Å²) < 4.78 is 5.45. The Kier molecular flexibility index (Phi) is 7.62. The predicted octanol–water partition coefficient (Wildman–Crippen LogP) is 3.39. The van der Waals surface area contributed by atoms with Crippen molar-refractivity contribution in [3.63, 3.8) is 0 Å². The third kappa shape index (κ3) is 4.73. The molecule has 9 heteroatoms. The van der Waals surface area contributed by atoms with E-state index in [1.54, 1.807) is 13.2 Å². The molecule has 28 heavy (non-hydrogen) atoms. The van der Waals surface area contributed by atoms with Crippen LogP contribution in [0, 0.1) is 10.1 Å². The highest BCUT2D eigenvalue weighted by molar-refractivity contribution is 6.31. The SMILES string of the molecule is COc1ccccc1C1CNCCN1C(=O)Cc1ccc([N+](=O)[O-])cc1Cl.Cl. The molecule has 1 N–H and O–H groups in total. The number of hydrogen-bond donors (Lipinski definition) is 1. The quantitative estimate of drug-likeness (QED) is 0.585. The fourth-order valence-electron chi connectivity index (χ4n) is 3.28. The minimum Gasteiger partial charge on any atom is -0.496 e. The number of nitro benzene ring substituents is 1. The molecule has 1 aliphatic heterocycles. The van der Waals surface area contributed by atoms with E-state index in [2.05, 4.69) is 5.32 Å². The molecule has 0 aromatic heterocycles. The first-order chi connectivity index (χ1) is 13.0. The smallest absolute Gasteiger partial charge is 0.270 e. The lowest BCUT2D eigenvalue weighted by Crippen LogP contribution is -2.49. The Morgan fingerprint density at radius 3 is 2.79 bits per heavy atom. The van der Waals surface area contributed by atoms with Crippen LogP contribution < -0.4 is 10.1 Å². The Labute approximate surface area is 174 Å². The van der Waals surface area contributed by atoms with Crippen LogP contribution in [0.3, 0.4) is 0 Å². The molecule has 1 atom stereocenters. The van der Waals surface area contributed by atoms with Crippen LogP contribution in [-0.4, -0.2) is 42.5 Å². The van der Waals surface area contributed by atoms with Crippen LogP contribution >= 0.6 is 24.0 Å². The van der Waals surface area contributed by atoms with Gasteiger partial charge < -0.3 is 15.0 Å². The molecule has 150 valence electrons. The van der Waals surface area contributed by atoms with Crippen molar-refractivity contribution in [2.45, 2.75) is 12.5 Å². The van der Waals surface area contributed by atoms with Crippen molar-refractivity contribution in [2.75, 3.05) is 26.7 Å². The first-order valence-corrected chi connectivity index (χ1v) is 8.95. The van der Waals surface area contributed by atoms with Crippen LogP contribution in [0.25, 0.3) is 0 Å². The van der Waals surface area contributed by atoms with Crippen molar-refractivity contribution in [1.82, 2.24) is 10.2 Å². The van der Waals surface area contributed by atoms with Crippen LogP contribution in [0.15, 0.2) is 42.5 Å². The van der Waals surface area contributed by atoms with E-state index in [4.69, 9.17) is 16.3 Å². The lowest BCUT2D eigenvalue weighted by atomic mass is 10.0. The number of nitro groups is 1. The summed E-state index contributed by atoms with van der Waals surface area (Å²) in [6, 6.07) is 11.7. The molecule has 1 heterocycles. The molecule has 2 aromatic carbocycles. The van der Waals surface area contributed by atoms with E-state index < -0.39 is 4.92 Å². The number of rotatable bonds is 5. The molecule has 1 amide bonds. The van der Waals surface area contributed by atoms with Gasteiger partial charge in [0.2, 0.25) is 5.91 Å². The number of non-ortho nitro benzene ring substituents is 1. The van der Waals surface area contributed by atoms with E-state index in [-0.39, 0.29) is 41.5 Å². The number of benzene rings is 2. The Morgan fingerprint density at radius 1 is 1.36 bits per heavy atom. The van der Waals surface area contributed by atoms with Gasteiger partial charge in [0.05, 0.1) is 29.5 Å². The average molecular weight is 426 g/mol. The van der Waals surface area contributed by atoms with Gasteiger partial charge in [-0.3, -0.25) is 14.9 Å². The number of carbonyl (C=O) groups excluding carboxylic acids is 1. The van der Waals surface area contributed by atoms with Crippen molar-refractivity contribution in [3.05, 3.63) is 68.7 Å². The molecule has 1 aliphatic rings. The highest BCUT2D eigenvalue weighted by Crippen LogP contribution is 2.31. The Hall–Kier alpha value is -2.35. The summed E-state index contributed by atoms with van der Waals surface area (Å²) in [5.41, 5.74) is 1.42. The van der Waals surface area contributed by atoms with Gasteiger partial charge in [0.25, 0.3) is 5.69 Å². The van der Waals surface area contributed by atoms with Gasteiger partial charge in [-0.15, -0.1) is 12.4 Å². The predicted molar refractivity (Wildman–Crippen MR) is 109 cm³/mol. The van der Waals surface area contributed by atoms with Gasteiger partial charge in [0.15, 0.2) is 0 Å². The second-order valence-corrected chi connectivity index (χ2v) is 6.67. The molecule has 7 nitrogen and oxygen atoms in total. The number of hydrogen-bond acceptors (Lipinski definition) is 5. The van der Waals surface area contributed by atoms with Crippen molar-refractivity contribution < 1.29 is 14.5 Å². The monoisotopic (exact) mass is 425 g/mol. The molecule has 1 fully saturated rings. The summed E-state index contributed by atoms with van der Waals surface area (Å²) in [4.78, 5) is 25.1. The number of carbonyl (C=O) groups is 1. The summed E-state index contributed by atoms with van der Waals surface area (Å²) in [6.45, 7) is 1.89. The molecule has 3 rings (SSSR count). The highest BCUT2D eigenvalue weighted by atomic mass is 35.5. The molecule has 0 radical (unpaired) electrons. The number of nitrogens with one attached hydrogen (secondary N) is 1. The van der Waals surface area contributed by atoms with Crippen LogP contribution in [0.4, 0.5) is 5.69 Å². The third-order valence-corrected chi connectivity index (χ3v) is 5.00.